The van der Waals surface area contributed by atoms with E-state index in [9.17, 15) is 0 Å². The summed E-state index contributed by atoms with van der Waals surface area (Å²) in [5, 5.41) is 1.78. The first-order valence-corrected chi connectivity index (χ1v) is 4.17. The normalized spacial score (nSPS) is 8.40. The molecule has 0 aliphatic heterocycles. The molecule has 2 rings (SSSR count). The molecule has 0 aliphatic rings. The molecule has 0 saturated carbocycles. The fourth-order valence-corrected chi connectivity index (χ4v) is 1.45. The van der Waals surface area contributed by atoms with E-state index in [4.69, 9.17) is 11.6 Å². The zero-order chi connectivity index (χ0) is 8.55. The molecule has 5 heteroatoms. The van der Waals surface area contributed by atoms with E-state index in [0.29, 0.717) is 0 Å². The van der Waals surface area contributed by atoms with Crippen molar-refractivity contribution in [2.24, 2.45) is 0 Å². The molecule has 0 amide bonds. The van der Waals surface area contributed by atoms with Gasteiger partial charge in [0, 0.05) is 16.1 Å². The number of pyridine rings is 1. The molecular formula is C10H14ClNO3. The molecule has 0 bridgehead atoms. The zero-order valence-corrected chi connectivity index (χ0v) is 8.97. The number of rotatable bonds is 0. The highest BCUT2D eigenvalue weighted by Gasteiger charge is 1.97. The Kier molecular flexibility index (Phi) is 6.84. The van der Waals surface area contributed by atoms with Gasteiger partial charge >= 0.3 is 0 Å². The lowest BCUT2D eigenvalue weighted by molar-refractivity contribution is 0.823. The number of hydrogen-bond acceptors (Lipinski definition) is 1. The molecule has 1 aromatic carbocycles. The van der Waals surface area contributed by atoms with Crippen LogP contribution in [0.4, 0.5) is 0 Å². The molecular weight excluding hydrogens is 218 g/mol. The molecule has 0 atom stereocenters. The lowest BCUT2D eigenvalue weighted by atomic mass is 10.2. The third-order valence-corrected chi connectivity index (χ3v) is 2.15. The summed E-state index contributed by atoms with van der Waals surface area (Å²) in [6, 6.07) is 9.72. The summed E-state index contributed by atoms with van der Waals surface area (Å²) in [5.74, 6) is 0. The van der Waals surface area contributed by atoms with E-state index in [-0.39, 0.29) is 16.4 Å². The van der Waals surface area contributed by atoms with Gasteiger partial charge in [0.25, 0.3) is 0 Å². The van der Waals surface area contributed by atoms with Crippen LogP contribution in [0.1, 0.15) is 5.69 Å². The van der Waals surface area contributed by atoms with Gasteiger partial charge in [-0.2, -0.15) is 0 Å². The van der Waals surface area contributed by atoms with Gasteiger partial charge in [-0.05, 0) is 31.2 Å². The van der Waals surface area contributed by atoms with E-state index in [1.807, 2.05) is 37.3 Å². The van der Waals surface area contributed by atoms with E-state index in [2.05, 4.69) is 4.98 Å². The SMILES string of the molecule is Cc1ccc2c(Cl)cccc2n1.O.O.O. The van der Waals surface area contributed by atoms with Gasteiger partial charge in [0.2, 0.25) is 0 Å². The van der Waals surface area contributed by atoms with Crippen molar-refractivity contribution in [1.82, 2.24) is 4.98 Å². The maximum Gasteiger partial charge on any atom is 0.0720 e. The molecule has 6 N–H and O–H groups in total. The van der Waals surface area contributed by atoms with Gasteiger partial charge in [0.15, 0.2) is 0 Å². The molecule has 0 saturated heterocycles. The third-order valence-electron chi connectivity index (χ3n) is 1.82. The number of halogens is 1. The summed E-state index contributed by atoms with van der Waals surface area (Å²) >= 11 is 5.97. The van der Waals surface area contributed by atoms with Crippen molar-refractivity contribution in [2.75, 3.05) is 0 Å². The van der Waals surface area contributed by atoms with Crippen molar-refractivity contribution in [3.63, 3.8) is 0 Å². The molecule has 84 valence electrons. The molecule has 15 heavy (non-hydrogen) atoms. The predicted octanol–water partition coefficient (Wildman–Crippen LogP) is 0.723. The first-order chi connectivity index (χ1) is 5.77. The van der Waals surface area contributed by atoms with Crippen LogP contribution >= 0.6 is 11.6 Å². The summed E-state index contributed by atoms with van der Waals surface area (Å²) in [6.45, 7) is 1.97. The highest BCUT2D eigenvalue weighted by molar-refractivity contribution is 6.35. The average molecular weight is 232 g/mol. The number of aryl methyl sites for hydroxylation is 1. The van der Waals surface area contributed by atoms with Crippen molar-refractivity contribution >= 4 is 22.5 Å². The number of fused-ring (bicyclic) bond motifs is 1. The van der Waals surface area contributed by atoms with Gasteiger partial charge in [-0.15, -0.1) is 0 Å². The van der Waals surface area contributed by atoms with Crippen LogP contribution in [-0.4, -0.2) is 21.4 Å². The smallest absolute Gasteiger partial charge is 0.0720 e. The van der Waals surface area contributed by atoms with Gasteiger partial charge < -0.3 is 16.4 Å². The highest BCUT2D eigenvalue weighted by atomic mass is 35.5. The second kappa shape index (κ2) is 6.31. The Balaban J connectivity index is 0. The highest BCUT2D eigenvalue weighted by Crippen LogP contribution is 2.21. The van der Waals surface area contributed by atoms with Crippen molar-refractivity contribution in [1.29, 1.82) is 0 Å². The monoisotopic (exact) mass is 231 g/mol. The van der Waals surface area contributed by atoms with Crippen molar-refractivity contribution in [3.8, 4) is 0 Å². The Morgan fingerprint density at radius 1 is 1.00 bits per heavy atom. The van der Waals surface area contributed by atoms with Gasteiger partial charge in [0.1, 0.15) is 0 Å². The van der Waals surface area contributed by atoms with E-state index in [0.717, 1.165) is 21.6 Å². The summed E-state index contributed by atoms with van der Waals surface area (Å²) in [7, 11) is 0. The summed E-state index contributed by atoms with van der Waals surface area (Å²) in [6.07, 6.45) is 0. The largest absolute Gasteiger partial charge is 0.412 e. The first-order valence-electron chi connectivity index (χ1n) is 3.79. The van der Waals surface area contributed by atoms with E-state index >= 15 is 0 Å². The van der Waals surface area contributed by atoms with Crippen LogP contribution in [0.25, 0.3) is 10.9 Å². The maximum atomic E-state index is 5.97. The summed E-state index contributed by atoms with van der Waals surface area (Å²) in [5.41, 5.74) is 1.98. The molecule has 0 aliphatic carbocycles. The van der Waals surface area contributed by atoms with Crippen LogP contribution in [0.5, 0.6) is 0 Å². The van der Waals surface area contributed by atoms with E-state index < -0.39 is 0 Å². The standard InChI is InChI=1S/C10H8ClN.3H2O/c1-7-5-6-8-9(11)3-2-4-10(8)12-7;;;/h2-6H,1H3;3*1H2. The molecule has 4 nitrogen and oxygen atoms in total. The summed E-state index contributed by atoms with van der Waals surface area (Å²) < 4.78 is 0. The van der Waals surface area contributed by atoms with Gasteiger partial charge in [-0.3, -0.25) is 4.98 Å². The average Bonchev–Trinajstić information content (AvgIpc) is 2.04. The second-order valence-electron chi connectivity index (χ2n) is 2.76. The van der Waals surface area contributed by atoms with E-state index in [1.165, 1.54) is 0 Å². The first kappa shape index (κ1) is 16.2. The Morgan fingerprint density at radius 3 is 2.33 bits per heavy atom. The molecule has 0 spiro atoms. The predicted molar refractivity (Wildman–Crippen MR) is 62.3 cm³/mol. The van der Waals surface area contributed by atoms with Crippen LogP contribution in [-0.2, 0) is 0 Å². The molecule has 1 heterocycles. The number of aromatic nitrogens is 1. The van der Waals surface area contributed by atoms with E-state index in [1.54, 1.807) is 0 Å². The van der Waals surface area contributed by atoms with Gasteiger partial charge in [-0.1, -0.05) is 17.7 Å². The zero-order valence-electron chi connectivity index (χ0n) is 8.21. The maximum absolute atomic E-state index is 5.97. The number of hydrogen-bond donors (Lipinski definition) is 0. The van der Waals surface area contributed by atoms with Crippen LogP contribution in [0.3, 0.4) is 0 Å². The number of nitrogens with zero attached hydrogens (tertiary/aromatic N) is 1. The Morgan fingerprint density at radius 2 is 1.67 bits per heavy atom. The lowest BCUT2D eigenvalue weighted by Crippen LogP contribution is -1.82. The van der Waals surface area contributed by atoms with Gasteiger partial charge in [0.05, 0.1) is 5.52 Å². The third kappa shape index (κ3) is 3.14. The fraction of sp³-hybridized carbons (Fsp3) is 0.100. The second-order valence-corrected chi connectivity index (χ2v) is 3.17. The molecule has 0 unspecified atom stereocenters. The Hall–Kier alpha value is -1.20. The van der Waals surface area contributed by atoms with Crippen molar-refractivity contribution in [3.05, 3.63) is 41.0 Å². The Labute approximate surface area is 92.4 Å². The lowest BCUT2D eigenvalue weighted by Gasteiger charge is -1.99. The summed E-state index contributed by atoms with van der Waals surface area (Å²) in [4.78, 5) is 4.35. The minimum Gasteiger partial charge on any atom is -0.412 e. The minimum atomic E-state index is 0. The van der Waals surface area contributed by atoms with Crippen LogP contribution in [0, 0.1) is 6.92 Å². The minimum absolute atomic E-state index is 0. The fourth-order valence-electron chi connectivity index (χ4n) is 1.22. The van der Waals surface area contributed by atoms with Crippen LogP contribution < -0.4 is 0 Å². The van der Waals surface area contributed by atoms with Crippen LogP contribution in [0.15, 0.2) is 30.3 Å². The molecule has 0 fully saturated rings. The quantitative estimate of drug-likeness (QED) is 0.654. The van der Waals surface area contributed by atoms with Crippen molar-refractivity contribution < 1.29 is 16.4 Å². The topological polar surface area (TPSA) is 107 Å². The van der Waals surface area contributed by atoms with Crippen molar-refractivity contribution in [2.45, 2.75) is 6.92 Å². The molecule has 2 aromatic rings. The Bertz CT molecular complexity index is 434. The number of benzene rings is 1. The molecule has 0 radical (unpaired) electrons. The van der Waals surface area contributed by atoms with Gasteiger partial charge in [-0.25, -0.2) is 0 Å². The van der Waals surface area contributed by atoms with Crippen LogP contribution in [0.2, 0.25) is 5.02 Å². The molecule has 1 aromatic heterocycles.